The molecule has 2 rings (SSSR count). The molecule has 0 amide bonds. The third-order valence-electron chi connectivity index (χ3n) is 3.41. The maximum absolute atomic E-state index is 4.58. The van der Waals surface area contributed by atoms with E-state index < -0.39 is 0 Å². The smallest absolute Gasteiger partial charge is 0.191 e. The zero-order valence-corrected chi connectivity index (χ0v) is 13.3. The summed E-state index contributed by atoms with van der Waals surface area (Å²) in [4.78, 5) is 8.87. The fourth-order valence-corrected chi connectivity index (χ4v) is 2.14. The summed E-state index contributed by atoms with van der Waals surface area (Å²) in [5, 5.41) is 6.67. The minimum atomic E-state index is 0.430. The van der Waals surface area contributed by atoms with Gasteiger partial charge in [0.15, 0.2) is 5.96 Å². The lowest BCUT2D eigenvalue weighted by molar-refractivity contribution is 0.699. The van der Waals surface area contributed by atoms with Crippen molar-refractivity contribution in [2.24, 2.45) is 4.99 Å². The molecule has 0 bridgehead atoms. The number of hydrogen-bond acceptors (Lipinski definition) is 2. The number of rotatable bonds is 6. The van der Waals surface area contributed by atoms with E-state index in [4.69, 9.17) is 0 Å². The molecule has 0 aliphatic carbocycles. The van der Waals surface area contributed by atoms with Gasteiger partial charge in [0.25, 0.3) is 0 Å². The van der Waals surface area contributed by atoms with Gasteiger partial charge in [-0.1, -0.05) is 43.3 Å². The quantitative estimate of drug-likeness (QED) is 0.636. The minimum Gasteiger partial charge on any atom is -0.357 e. The van der Waals surface area contributed by atoms with Crippen molar-refractivity contribution in [1.82, 2.24) is 15.6 Å². The zero-order chi connectivity index (χ0) is 15.6. The predicted molar refractivity (Wildman–Crippen MR) is 91.9 cm³/mol. The van der Waals surface area contributed by atoms with E-state index in [1.54, 1.807) is 6.20 Å². The Morgan fingerprint density at radius 3 is 2.55 bits per heavy atom. The van der Waals surface area contributed by atoms with E-state index >= 15 is 0 Å². The molecule has 1 heterocycles. The Bertz CT molecular complexity index is 566. The van der Waals surface area contributed by atoms with Crippen molar-refractivity contribution in [3.05, 3.63) is 66.0 Å². The van der Waals surface area contributed by atoms with Crippen LogP contribution in [0.2, 0.25) is 0 Å². The second-order valence-electron chi connectivity index (χ2n) is 5.21. The summed E-state index contributed by atoms with van der Waals surface area (Å²) in [6, 6.07) is 16.4. The number of aromatic nitrogens is 1. The summed E-state index contributed by atoms with van der Waals surface area (Å²) < 4.78 is 0. The number of benzene rings is 1. The molecule has 0 radical (unpaired) electrons. The number of nitrogens with one attached hydrogen (secondary N) is 2. The van der Waals surface area contributed by atoms with Gasteiger partial charge in [-0.15, -0.1) is 0 Å². The summed E-state index contributed by atoms with van der Waals surface area (Å²) in [5.41, 5.74) is 2.30. The average Bonchev–Trinajstić information content (AvgIpc) is 2.59. The molecule has 1 aromatic heterocycles. The number of nitrogens with zero attached hydrogens (tertiary/aromatic N) is 2. The highest BCUT2D eigenvalue weighted by atomic mass is 15.2. The maximum Gasteiger partial charge on any atom is 0.191 e. The summed E-state index contributed by atoms with van der Waals surface area (Å²) in [6.07, 6.45) is 1.79. The van der Waals surface area contributed by atoms with E-state index in [1.165, 1.54) is 5.56 Å². The Hall–Kier alpha value is -2.36. The standard InChI is InChI=1S/C18H24N4/c1-3-19-18(22-14-17-11-7-8-12-20-17)21-13-15(2)16-9-5-4-6-10-16/h4-12,15H,3,13-14H2,1-2H3,(H2,19,21,22). The molecule has 4 nitrogen and oxygen atoms in total. The van der Waals surface area contributed by atoms with E-state index in [9.17, 15) is 0 Å². The number of aliphatic imine (C=N–C) groups is 1. The van der Waals surface area contributed by atoms with Crippen LogP contribution >= 0.6 is 0 Å². The van der Waals surface area contributed by atoms with Gasteiger partial charge in [-0.3, -0.25) is 4.98 Å². The van der Waals surface area contributed by atoms with Crippen molar-refractivity contribution >= 4 is 5.96 Å². The normalized spacial score (nSPS) is 12.7. The highest BCUT2D eigenvalue weighted by Gasteiger charge is 2.06. The van der Waals surface area contributed by atoms with E-state index in [0.717, 1.165) is 24.7 Å². The summed E-state index contributed by atoms with van der Waals surface area (Å²) in [7, 11) is 0. The van der Waals surface area contributed by atoms with Gasteiger partial charge < -0.3 is 10.6 Å². The average molecular weight is 296 g/mol. The molecule has 2 N–H and O–H groups in total. The molecule has 0 spiro atoms. The Balaban J connectivity index is 1.91. The topological polar surface area (TPSA) is 49.3 Å². The number of pyridine rings is 1. The largest absolute Gasteiger partial charge is 0.357 e. The lowest BCUT2D eigenvalue weighted by Gasteiger charge is -2.16. The van der Waals surface area contributed by atoms with Crippen molar-refractivity contribution in [3.8, 4) is 0 Å². The monoisotopic (exact) mass is 296 g/mol. The molecule has 0 aliphatic rings. The number of hydrogen-bond donors (Lipinski definition) is 2. The second kappa shape index (κ2) is 8.82. The molecule has 116 valence electrons. The first kappa shape index (κ1) is 16.0. The van der Waals surface area contributed by atoms with Crippen molar-refractivity contribution < 1.29 is 0 Å². The first-order chi connectivity index (χ1) is 10.8. The van der Waals surface area contributed by atoms with Gasteiger partial charge in [-0.25, -0.2) is 4.99 Å². The van der Waals surface area contributed by atoms with E-state index in [2.05, 4.69) is 58.7 Å². The van der Waals surface area contributed by atoms with Crippen molar-refractivity contribution in [3.63, 3.8) is 0 Å². The molecule has 0 saturated heterocycles. The highest BCUT2D eigenvalue weighted by molar-refractivity contribution is 5.79. The van der Waals surface area contributed by atoms with Gasteiger partial charge in [0.2, 0.25) is 0 Å². The van der Waals surface area contributed by atoms with E-state index in [0.29, 0.717) is 12.5 Å². The fourth-order valence-electron chi connectivity index (χ4n) is 2.14. The highest BCUT2D eigenvalue weighted by Crippen LogP contribution is 2.12. The van der Waals surface area contributed by atoms with Gasteiger partial charge >= 0.3 is 0 Å². The fraction of sp³-hybridized carbons (Fsp3) is 0.333. The lowest BCUT2D eigenvalue weighted by atomic mass is 10.0. The van der Waals surface area contributed by atoms with Crippen LogP contribution in [0.1, 0.15) is 31.0 Å². The van der Waals surface area contributed by atoms with Crippen LogP contribution in [0.3, 0.4) is 0 Å². The van der Waals surface area contributed by atoms with Crippen molar-refractivity contribution in [2.75, 3.05) is 13.1 Å². The molecule has 0 fully saturated rings. The van der Waals surface area contributed by atoms with Gasteiger partial charge in [0.1, 0.15) is 0 Å². The van der Waals surface area contributed by atoms with E-state index in [-0.39, 0.29) is 0 Å². The molecule has 0 saturated carbocycles. The third kappa shape index (κ3) is 5.20. The van der Waals surface area contributed by atoms with Gasteiger partial charge in [-0.2, -0.15) is 0 Å². The van der Waals surface area contributed by atoms with E-state index in [1.807, 2.05) is 24.3 Å². The summed E-state index contributed by atoms with van der Waals surface area (Å²) in [5.74, 6) is 1.26. The predicted octanol–water partition coefficient (Wildman–Crippen LogP) is 2.94. The van der Waals surface area contributed by atoms with Crippen molar-refractivity contribution in [2.45, 2.75) is 26.3 Å². The minimum absolute atomic E-state index is 0.430. The molecule has 0 aliphatic heterocycles. The summed E-state index contributed by atoms with van der Waals surface area (Å²) in [6.45, 7) is 6.55. The Morgan fingerprint density at radius 1 is 1.09 bits per heavy atom. The van der Waals surface area contributed by atoms with Crippen LogP contribution in [0.5, 0.6) is 0 Å². The van der Waals surface area contributed by atoms with Crippen molar-refractivity contribution in [1.29, 1.82) is 0 Å². The van der Waals surface area contributed by atoms with Crippen LogP contribution < -0.4 is 10.6 Å². The van der Waals surface area contributed by atoms with Gasteiger partial charge in [0.05, 0.1) is 12.2 Å². The Morgan fingerprint density at radius 2 is 1.86 bits per heavy atom. The molecular formula is C18H24N4. The van der Waals surface area contributed by atoms with Crippen LogP contribution in [0, 0.1) is 0 Å². The number of guanidine groups is 1. The maximum atomic E-state index is 4.58. The first-order valence-electron chi connectivity index (χ1n) is 7.76. The molecular weight excluding hydrogens is 272 g/mol. The zero-order valence-electron chi connectivity index (χ0n) is 13.3. The van der Waals surface area contributed by atoms with Crippen LogP contribution in [0.25, 0.3) is 0 Å². The molecule has 1 unspecified atom stereocenters. The molecule has 1 atom stereocenters. The molecule has 2 aromatic rings. The SMILES string of the molecule is CCNC(=NCc1ccccn1)NCC(C)c1ccccc1. The first-order valence-corrected chi connectivity index (χ1v) is 7.76. The van der Waals surface area contributed by atoms with Gasteiger partial charge in [-0.05, 0) is 30.5 Å². The van der Waals surface area contributed by atoms with Gasteiger partial charge in [0, 0.05) is 19.3 Å². The Kier molecular flexibility index (Phi) is 6.42. The summed E-state index contributed by atoms with van der Waals surface area (Å²) >= 11 is 0. The van der Waals surface area contributed by atoms with Crippen LogP contribution in [0.4, 0.5) is 0 Å². The second-order valence-corrected chi connectivity index (χ2v) is 5.21. The van der Waals surface area contributed by atoms with Crippen LogP contribution in [0.15, 0.2) is 59.7 Å². The molecule has 22 heavy (non-hydrogen) atoms. The van der Waals surface area contributed by atoms with Crippen LogP contribution in [-0.2, 0) is 6.54 Å². The lowest BCUT2D eigenvalue weighted by Crippen LogP contribution is -2.39. The molecule has 4 heteroatoms. The van der Waals surface area contributed by atoms with Crippen LogP contribution in [-0.4, -0.2) is 24.0 Å². The molecule has 1 aromatic carbocycles. The Labute approximate surface area is 132 Å². The third-order valence-corrected chi connectivity index (χ3v) is 3.41.